The molecule has 0 unspecified atom stereocenters. The Labute approximate surface area is 101 Å². The Bertz CT molecular complexity index is 385. The van der Waals surface area contributed by atoms with E-state index in [1.54, 1.807) is 14.2 Å². The Hall–Kier alpha value is -1.26. The van der Waals surface area contributed by atoms with Gasteiger partial charge in [0, 0.05) is 17.6 Å². The largest absolute Gasteiger partial charge is 0.497 e. The van der Waals surface area contributed by atoms with E-state index in [9.17, 15) is 5.11 Å². The second-order valence-corrected chi connectivity index (χ2v) is 4.31. The molecule has 1 N–H and O–H groups in total. The Kier molecular flexibility index (Phi) is 3.54. The number of rotatable bonds is 5. The summed E-state index contributed by atoms with van der Waals surface area (Å²) < 4.78 is 15.9. The van der Waals surface area contributed by atoms with Crippen molar-refractivity contribution in [3.05, 3.63) is 23.8 Å². The maximum absolute atomic E-state index is 9.19. The van der Waals surface area contributed by atoms with Crippen molar-refractivity contribution in [1.82, 2.24) is 0 Å². The molecule has 0 bridgehead atoms. The van der Waals surface area contributed by atoms with Crippen molar-refractivity contribution in [3.8, 4) is 11.5 Å². The molecule has 0 amide bonds. The van der Waals surface area contributed by atoms with E-state index in [1.165, 1.54) is 0 Å². The van der Waals surface area contributed by atoms with E-state index in [4.69, 9.17) is 14.2 Å². The average molecular weight is 238 g/mol. The van der Waals surface area contributed by atoms with Gasteiger partial charge in [0.1, 0.15) is 11.5 Å². The molecular formula is C13H18O4. The molecule has 4 nitrogen and oxygen atoms in total. The van der Waals surface area contributed by atoms with Gasteiger partial charge in [-0.3, -0.25) is 0 Å². The molecule has 0 saturated carbocycles. The van der Waals surface area contributed by atoms with Gasteiger partial charge in [0.15, 0.2) is 0 Å². The topological polar surface area (TPSA) is 47.9 Å². The van der Waals surface area contributed by atoms with Crippen LogP contribution in [0.3, 0.4) is 0 Å². The van der Waals surface area contributed by atoms with Crippen LogP contribution in [0.1, 0.15) is 12.0 Å². The lowest BCUT2D eigenvalue weighted by atomic mass is 9.75. The Morgan fingerprint density at radius 2 is 2.06 bits per heavy atom. The van der Waals surface area contributed by atoms with Crippen LogP contribution in [0.4, 0.5) is 0 Å². The van der Waals surface area contributed by atoms with E-state index in [-0.39, 0.29) is 12.0 Å². The van der Waals surface area contributed by atoms with Crippen LogP contribution in [0.15, 0.2) is 18.2 Å². The van der Waals surface area contributed by atoms with Crippen LogP contribution >= 0.6 is 0 Å². The molecule has 0 atom stereocenters. The molecule has 1 aliphatic rings. The number of hydrogen-bond donors (Lipinski definition) is 1. The normalized spacial score (nSPS) is 17.4. The number of aliphatic hydroxyl groups is 1. The summed E-state index contributed by atoms with van der Waals surface area (Å²) in [6, 6.07) is 5.73. The first-order chi connectivity index (χ1) is 8.25. The van der Waals surface area contributed by atoms with Crippen molar-refractivity contribution < 1.29 is 19.3 Å². The van der Waals surface area contributed by atoms with Gasteiger partial charge in [-0.15, -0.1) is 0 Å². The Morgan fingerprint density at radius 3 is 2.53 bits per heavy atom. The second-order valence-electron chi connectivity index (χ2n) is 4.31. The lowest BCUT2D eigenvalue weighted by Crippen LogP contribution is -2.47. The highest BCUT2D eigenvalue weighted by atomic mass is 16.5. The minimum absolute atomic E-state index is 0.130. The molecule has 1 heterocycles. The van der Waals surface area contributed by atoms with Gasteiger partial charge < -0.3 is 19.3 Å². The van der Waals surface area contributed by atoms with E-state index in [0.717, 1.165) is 17.1 Å². The maximum Gasteiger partial charge on any atom is 0.123 e. The molecule has 1 saturated heterocycles. The summed E-state index contributed by atoms with van der Waals surface area (Å²) in [5.74, 6) is 1.62. The van der Waals surface area contributed by atoms with Gasteiger partial charge in [-0.1, -0.05) is 0 Å². The van der Waals surface area contributed by atoms with Crippen LogP contribution in [0, 0.1) is 0 Å². The minimum atomic E-state index is -0.130. The molecule has 17 heavy (non-hydrogen) atoms. The zero-order valence-electron chi connectivity index (χ0n) is 10.2. The molecule has 4 heteroatoms. The summed E-state index contributed by atoms with van der Waals surface area (Å²) >= 11 is 0. The summed E-state index contributed by atoms with van der Waals surface area (Å²) in [6.45, 7) is 1.39. The van der Waals surface area contributed by atoms with Crippen LogP contribution in [-0.2, 0) is 10.2 Å². The fourth-order valence-electron chi connectivity index (χ4n) is 2.23. The molecule has 2 rings (SSSR count). The first-order valence-electron chi connectivity index (χ1n) is 5.67. The molecule has 1 fully saturated rings. The second kappa shape index (κ2) is 4.94. The van der Waals surface area contributed by atoms with Gasteiger partial charge in [-0.25, -0.2) is 0 Å². The zero-order chi connectivity index (χ0) is 12.3. The number of benzene rings is 1. The summed E-state index contributed by atoms with van der Waals surface area (Å²) in [4.78, 5) is 0. The van der Waals surface area contributed by atoms with Crippen molar-refractivity contribution in [2.75, 3.05) is 34.0 Å². The third kappa shape index (κ3) is 2.10. The fraction of sp³-hybridized carbons (Fsp3) is 0.538. The Balaban J connectivity index is 2.40. The summed E-state index contributed by atoms with van der Waals surface area (Å²) in [6.07, 6.45) is 0.677. The molecule has 0 aromatic heterocycles. The van der Waals surface area contributed by atoms with Crippen molar-refractivity contribution in [3.63, 3.8) is 0 Å². The minimum Gasteiger partial charge on any atom is -0.497 e. The average Bonchev–Trinajstić information content (AvgIpc) is 2.33. The molecule has 1 aromatic carbocycles. The summed E-state index contributed by atoms with van der Waals surface area (Å²) in [5, 5.41) is 9.19. The van der Waals surface area contributed by atoms with E-state index < -0.39 is 0 Å². The number of hydrogen-bond acceptors (Lipinski definition) is 4. The van der Waals surface area contributed by atoms with Crippen LogP contribution < -0.4 is 9.47 Å². The molecule has 0 radical (unpaired) electrons. The van der Waals surface area contributed by atoms with Gasteiger partial charge in [-0.05, 0) is 24.6 Å². The van der Waals surface area contributed by atoms with E-state index in [0.29, 0.717) is 19.6 Å². The highest BCUT2D eigenvalue weighted by molar-refractivity contribution is 5.46. The molecular weight excluding hydrogens is 220 g/mol. The van der Waals surface area contributed by atoms with Gasteiger partial charge in [0.2, 0.25) is 0 Å². The third-order valence-corrected chi connectivity index (χ3v) is 3.33. The molecule has 0 aliphatic carbocycles. The van der Waals surface area contributed by atoms with E-state index in [1.807, 2.05) is 18.2 Å². The van der Waals surface area contributed by atoms with Gasteiger partial charge in [0.25, 0.3) is 0 Å². The predicted octanol–water partition coefficient (Wildman–Crippen LogP) is 1.35. The van der Waals surface area contributed by atoms with Crippen molar-refractivity contribution in [1.29, 1.82) is 0 Å². The molecule has 1 aliphatic heterocycles. The van der Waals surface area contributed by atoms with Crippen LogP contribution in [-0.4, -0.2) is 39.1 Å². The Morgan fingerprint density at radius 1 is 1.29 bits per heavy atom. The predicted molar refractivity (Wildman–Crippen MR) is 63.7 cm³/mol. The summed E-state index contributed by atoms with van der Waals surface area (Å²) in [7, 11) is 3.29. The maximum atomic E-state index is 9.19. The third-order valence-electron chi connectivity index (χ3n) is 3.33. The number of ether oxygens (including phenoxy) is 3. The molecule has 94 valence electrons. The monoisotopic (exact) mass is 238 g/mol. The SMILES string of the molecule is COc1ccc(OC)c(C2(CCO)COC2)c1. The van der Waals surface area contributed by atoms with Crippen LogP contribution in [0.2, 0.25) is 0 Å². The fourth-order valence-corrected chi connectivity index (χ4v) is 2.23. The van der Waals surface area contributed by atoms with Gasteiger partial charge in [-0.2, -0.15) is 0 Å². The summed E-state index contributed by atoms with van der Waals surface area (Å²) in [5.41, 5.74) is 0.925. The van der Waals surface area contributed by atoms with Crippen LogP contribution in [0.5, 0.6) is 11.5 Å². The number of methoxy groups -OCH3 is 2. The highest BCUT2D eigenvalue weighted by Gasteiger charge is 2.42. The zero-order valence-corrected chi connectivity index (χ0v) is 10.2. The van der Waals surface area contributed by atoms with Crippen molar-refractivity contribution in [2.24, 2.45) is 0 Å². The number of aliphatic hydroxyl groups excluding tert-OH is 1. The van der Waals surface area contributed by atoms with Crippen molar-refractivity contribution >= 4 is 0 Å². The molecule has 0 spiro atoms. The quantitative estimate of drug-likeness (QED) is 0.841. The smallest absolute Gasteiger partial charge is 0.123 e. The lowest BCUT2D eigenvalue weighted by Gasteiger charge is -2.42. The standard InChI is InChI=1S/C13H18O4/c1-15-10-3-4-12(16-2)11(7-10)13(5-6-14)8-17-9-13/h3-4,7,14H,5-6,8-9H2,1-2H3. The first-order valence-corrected chi connectivity index (χ1v) is 5.67. The lowest BCUT2D eigenvalue weighted by molar-refractivity contribution is -0.0710. The molecule has 1 aromatic rings. The first kappa shape index (κ1) is 12.2. The van der Waals surface area contributed by atoms with Crippen molar-refractivity contribution in [2.45, 2.75) is 11.8 Å². The van der Waals surface area contributed by atoms with Gasteiger partial charge in [0.05, 0.1) is 27.4 Å². The van der Waals surface area contributed by atoms with E-state index >= 15 is 0 Å². The van der Waals surface area contributed by atoms with Gasteiger partial charge >= 0.3 is 0 Å². The highest BCUT2D eigenvalue weighted by Crippen LogP contribution is 2.42. The van der Waals surface area contributed by atoms with Crippen LogP contribution in [0.25, 0.3) is 0 Å². The van der Waals surface area contributed by atoms with E-state index in [2.05, 4.69) is 0 Å².